The van der Waals surface area contributed by atoms with Gasteiger partial charge in [0.15, 0.2) is 12.5 Å². The number of primary sulfonamides is 1. The van der Waals surface area contributed by atoms with E-state index < -0.39 is 29.8 Å². The molecule has 15 heteroatoms. The number of rotatable bonds is 8. The normalized spacial score (nSPS) is 17.9. The van der Waals surface area contributed by atoms with E-state index in [1.165, 1.54) is 12.1 Å². The summed E-state index contributed by atoms with van der Waals surface area (Å²) in [6, 6.07) is 9.46. The van der Waals surface area contributed by atoms with Crippen molar-refractivity contribution in [1.82, 2.24) is 20.0 Å². The highest BCUT2D eigenvalue weighted by Crippen LogP contribution is 2.36. The van der Waals surface area contributed by atoms with E-state index in [1.807, 2.05) is 0 Å². The first-order valence-corrected chi connectivity index (χ1v) is 14.0. The molecule has 3 heterocycles. The summed E-state index contributed by atoms with van der Waals surface area (Å²) in [6.07, 6.45) is 3.84. The number of anilines is 2. The molecular weight excluding hydrogens is 506 g/mol. The van der Waals surface area contributed by atoms with Crippen LogP contribution in [0.4, 0.5) is 11.6 Å². The van der Waals surface area contributed by atoms with Gasteiger partial charge in [0.1, 0.15) is 9.79 Å². The number of H-pyrrole nitrogens is 1. The van der Waals surface area contributed by atoms with Crippen LogP contribution in [0.25, 0.3) is 11.1 Å². The van der Waals surface area contributed by atoms with Gasteiger partial charge in [0.05, 0.1) is 5.56 Å². The van der Waals surface area contributed by atoms with Gasteiger partial charge < -0.3 is 15.6 Å². The van der Waals surface area contributed by atoms with E-state index >= 15 is 0 Å². The molecule has 36 heavy (non-hydrogen) atoms. The summed E-state index contributed by atoms with van der Waals surface area (Å²) in [5, 5.41) is 19.6. The topological polar surface area (TPSA) is 196 Å². The third kappa shape index (κ3) is 4.91. The Kier molecular flexibility index (Phi) is 6.40. The van der Waals surface area contributed by atoms with E-state index in [1.54, 1.807) is 36.7 Å². The minimum Gasteiger partial charge on any atom is -0.331 e. The second kappa shape index (κ2) is 9.51. The predicted molar refractivity (Wildman–Crippen MR) is 133 cm³/mol. The number of aromatic nitrogens is 2. The molecule has 0 unspecified atom stereocenters. The minimum atomic E-state index is -4.55. The molecule has 0 amide bonds. The number of amidine groups is 1. The fourth-order valence-electron chi connectivity index (χ4n) is 4.15. The monoisotopic (exact) mass is 529 g/mol. The largest absolute Gasteiger partial charge is 0.331 e. The van der Waals surface area contributed by atoms with Crippen LogP contribution in [-0.2, 0) is 20.0 Å². The molecule has 0 spiro atoms. The first-order valence-electron chi connectivity index (χ1n) is 10.9. The van der Waals surface area contributed by atoms with E-state index in [2.05, 4.69) is 40.5 Å². The van der Waals surface area contributed by atoms with E-state index in [0.29, 0.717) is 42.3 Å². The lowest BCUT2D eigenvalue weighted by atomic mass is 9.98. The molecule has 1 fully saturated rings. The van der Waals surface area contributed by atoms with E-state index in [0.717, 1.165) is 0 Å². The predicted octanol–water partition coefficient (Wildman–Crippen LogP) is 1.28. The van der Waals surface area contributed by atoms with Crippen molar-refractivity contribution >= 4 is 37.5 Å². The summed E-state index contributed by atoms with van der Waals surface area (Å²) < 4.78 is 55.0. The van der Waals surface area contributed by atoms with Crippen molar-refractivity contribution in [2.45, 2.75) is 22.3 Å². The Hall–Kier alpha value is -3.50. The Balaban J connectivity index is 1.69. The van der Waals surface area contributed by atoms with Gasteiger partial charge in [0.25, 0.3) is 0 Å². The molecule has 0 aliphatic carbocycles. The number of aliphatic imine (C=N–C) groups is 1. The molecule has 3 aromatic rings. The van der Waals surface area contributed by atoms with E-state index in [4.69, 9.17) is 5.14 Å². The minimum absolute atomic E-state index is 0.0120. The van der Waals surface area contributed by atoms with Crippen molar-refractivity contribution < 1.29 is 16.8 Å². The highest BCUT2D eigenvalue weighted by atomic mass is 32.2. The lowest BCUT2D eigenvalue weighted by Gasteiger charge is -2.19. The third-order valence-corrected chi connectivity index (χ3v) is 8.37. The quantitative estimate of drug-likeness (QED) is 0.289. The number of nitrogens with two attached hydrogens (primary N) is 1. The Morgan fingerprint density at radius 1 is 1.11 bits per heavy atom. The lowest BCUT2D eigenvalue weighted by Crippen LogP contribution is -2.37. The number of nitrogens with one attached hydrogen (secondary N) is 4. The molecule has 0 radical (unpaired) electrons. The van der Waals surface area contributed by atoms with Gasteiger partial charge in [-0.15, -0.1) is 5.11 Å². The van der Waals surface area contributed by atoms with Gasteiger partial charge in [-0.1, -0.05) is 18.2 Å². The van der Waals surface area contributed by atoms with Gasteiger partial charge in [0, 0.05) is 30.7 Å². The smallest absolute Gasteiger partial charge is 0.242 e. The molecule has 1 aromatic heterocycles. The fraction of sp³-hybridized carbons (Fsp3) is 0.238. The van der Waals surface area contributed by atoms with Gasteiger partial charge in [-0.2, -0.15) is 5.11 Å². The summed E-state index contributed by atoms with van der Waals surface area (Å²) in [7, 11) is -8.80. The van der Waals surface area contributed by atoms with Gasteiger partial charge in [-0.25, -0.2) is 36.7 Å². The molecule has 13 nitrogen and oxygen atoms in total. The number of hydrogen-bond donors (Lipinski definition) is 5. The Labute approximate surface area is 207 Å². The van der Waals surface area contributed by atoms with E-state index in [-0.39, 0.29) is 24.1 Å². The second-order valence-corrected chi connectivity index (χ2v) is 11.4. The maximum Gasteiger partial charge on any atom is 0.242 e. The Bertz CT molecular complexity index is 1560. The maximum atomic E-state index is 13.3. The molecule has 5 rings (SSSR count). The van der Waals surface area contributed by atoms with Crippen LogP contribution in [0.2, 0.25) is 0 Å². The summed E-state index contributed by atoms with van der Waals surface area (Å²) in [5.74, 6) is 0.499. The number of benzene rings is 2. The van der Waals surface area contributed by atoms with Crippen LogP contribution >= 0.6 is 0 Å². The zero-order valence-corrected chi connectivity index (χ0v) is 20.5. The van der Waals surface area contributed by atoms with Gasteiger partial charge in [0.2, 0.25) is 26.0 Å². The molecule has 6 N–H and O–H groups in total. The number of hydrogen-bond acceptors (Lipinski definition) is 10. The summed E-state index contributed by atoms with van der Waals surface area (Å²) in [4.78, 5) is 10.2. The maximum absolute atomic E-state index is 13.3. The third-order valence-electron chi connectivity index (χ3n) is 5.69. The van der Waals surface area contributed by atoms with E-state index in [9.17, 15) is 16.8 Å². The van der Waals surface area contributed by atoms with Crippen molar-refractivity contribution in [3.8, 4) is 11.1 Å². The standard InChI is InChI=1S/C21H23N9O4S2/c22-35(31,32)19-17(36(33,34)30-15-6-7-23-11-15)5-4-16(18(19)20-26-12-27-29-20)13-2-1-3-14(10-13)28-21-24-8-9-25-21/h1-5,8-10,15,23,30H,6-7,11-12H2,(H2,22,31,32)(H2,24,25,28)/t15-/m0/s1. The molecule has 2 aromatic carbocycles. The summed E-state index contributed by atoms with van der Waals surface area (Å²) in [6.45, 7) is 1.08. The van der Waals surface area contributed by atoms with Gasteiger partial charge in [-0.05, 0) is 42.3 Å². The highest BCUT2D eigenvalue weighted by molar-refractivity contribution is 7.92. The van der Waals surface area contributed by atoms with Crippen LogP contribution in [0.1, 0.15) is 12.0 Å². The van der Waals surface area contributed by atoms with Crippen LogP contribution in [0.5, 0.6) is 0 Å². The average Bonchev–Trinajstić information content (AvgIpc) is 3.62. The summed E-state index contributed by atoms with van der Waals surface area (Å²) >= 11 is 0. The zero-order valence-electron chi connectivity index (χ0n) is 18.8. The molecule has 1 saturated heterocycles. The molecule has 0 bridgehead atoms. The van der Waals surface area contributed by atoms with Gasteiger partial charge in [-0.3, -0.25) is 0 Å². The number of aromatic amines is 1. The number of sulfonamides is 2. The van der Waals surface area contributed by atoms with Crippen LogP contribution in [0.3, 0.4) is 0 Å². The van der Waals surface area contributed by atoms with Crippen molar-refractivity contribution in [1.29, 1.82) is 0 Å². The number of imidazole rings is 1. The van der Waals surface area contributed by atoms with Crippen LogP contribution in [-0.4, -0.2) is 58.4 Å². The SMILES string of the molecule is NS(=O)(=O)c1c(S(=O)(=O)N[C@H]2CCNC2)ccc(-c2cccc(Nc3ncc[nH]3)c2)c1C1=NCN=N1. The Morgan fingerprint density at radius 2 is 1.97 bits per heavy atom. The second-order valence-electron chi connectivity index (χ2n) is 8.18. The first kappa shape index (κ1) is 24.2. The number of azo groups is 1. The van der Waals surface area contributed by atoms with Crippen LogP contribution < -0.4 is 20.5 Å². The number of nitrogens with zero attached hydrogens (tertiary/aromatic N) is 4. The Morgan fingerprint density at radius 3 is 2.64 bits per heavy atom. The van der Waals surface area contributed by atoms with Crippen molar-refractivity contribution in [3.05, 3.63) is 54.4 Å². The fourth-order valence-corrected chi connectivity index (χ4v) is 7.02. The van der Waals surface area contributed by atoms with Crippen molar-refractivity contribution in [2.75, 3.05) is 25.1 Å². The molecule has 2 aliphatic rings. The van der Waals surface area contributed by atoms with Crippen molar-refractivity contribution in [2.24, 2.45) is 20.4 Å². The van der Waals surface area contributed by atoms with Crippen LogP contribution in [0, 0.1) is 0 Å². The molecular formula is C21H23N9O4S2. The molecule has 188 valence electrons. The lowest BCUT2D eigenvalue weighted by molar-refractivity contribution is 0.555. The molecule has 1 atom stereocenters. The highest BCUT2D eigenvalue weighted by Gasteiger charge is 2.34. The summed E-state index contributed by atoms with van der Waals surface area (Å²) in [5.41, 5.74) is 1.59. The zero-order chi connectivity index (χ0) is 25.3. The van der Waals surface area contributed by atoms with Gasteiger partial charge >= 0.3 is 0 Å². The first-order chi connectivity index (χ1) is 17.2. The average molecular weight is 530 g/mol. The van der Waals surface area contributed by atoms with Crippen LogP contribution in [0.15, 0.2) is 73.8 Å². The molecule has 2 aliphatic heterocycles. The van der Waals surface area contributed by atoms with Crippen molar-refractivity contribution in [3.63, 3.8) is 0 Å². The molecule has 0 saturated carbocycles.